The predicted molar refractivity (Wildman–Crippen MR) is 76.7 cm³/mol. The second-order valence-corrected chi connectivity index (χ2v) is 5.32. The van der Waals surface area contributed by atoms with Crippen molar-refractivity contribution in [2.75, 3.05) is 7.11 Å². The minimum absolute atomic E-state index is 0.191. The summed E-state index contributed by atoms with van der Waals surface area (Å²) in [5, 5.41) is 0.681. The molecule has 1 aromatic carbocycles. The fourth-order valence-corrected chi connectivity index (χ4v) is 2.93. The molecule has 1 aliphatic heterocycles. The molecule has 0 bridgehead atoms. The molecular formula is C15H15ClN2O2. The standard InChI is InChI=1S/C15H15ClN2O2/c1-20-15(19)12-6-3-7-18-13(12)9-17-14(18)10-4-2-5-11(16)8-10/h2,4-5,8-9,12H,3,6-7H2,1H3. The molecule has 0 aliphatic carbocycles. The Morgan fingerprint density at radius 3 is 3.10 bits per heavy atom. The van der Waals surface area contributed by atoms with Gasteiger partial charge in [0.2, 0.25) is 0 Å². The zero-order valence-corrected chi connectivity index (χ0v) is 11.9. The SMILES string of the molecule is COC(=O)C1CCCn2c1cnc2-c1cccc(Cl)c1. The molecule has 1 atom stereocenters. The van der Waals surface area contributed by atoms with Crippen LogP contribution in [0.4, 0.5) is 0 Å². The highest BCUT2D eigenvalue weighted by Crippen LogP contribution is 2.33. The molecule has 1 aliphatic rings. The molecule has 0 N–H and O–H groups in total. The van der Waals surface area contributed by atoms with Crippen molar-refractivity contribution in [2.24, 2.45) is 0 Å². The van der Waals surface area contributed by atoms with Crippen LogP contribution in [0.5, 0.6) is 0 Å². The first kappa shape index (κ1) is 13.2. The smallest absolute Gasteiger partial charge is 0.314 e. The van der Waals surface area contributed by atoms with E-state index in [0.29, 0.717) is 5.02 Å². The minimum atomic E-state index is -0.214. The minimum Gasteiger partial charge on any atom is -0.469 e. The van der Waals surface area contributed by atoms with E-state index < -0.39 is 0 Å². The summed E-state index contributed by atoms with van der Waals surface area (Å²) < 4.78 is 6.97. The molecule has 0 amide bonds. The molecule has 1 aromatic heterocycles. The normalized spacial score (nSPS) is 17.6. The van der Waals surface area contributed by atoms with Crippen molar-refractivity contribution in [2.45, 2.75) is 25.3 Å². The maximum absolute atomic E-state index is 11.8. The summed E-state index contributed by atoms with van der Waals surface area (Å²) in [6, 6.07) is 7.60. The van der Waals surface area contributed by atoms with Gasteiger partial charge < -0.3 is 9.30 Å². The number of methoxy groups -OCH3 is 1. The summed E-state index contributed by atoms with van der Waals surface area (Å²) in [4.78, 5) is 16.3. The van der Waals surface area contributed by atoms with E-state index in [1.54, 1.807) is 6.20 Å². The van der Waals surface area contributed by atoms with Gasteiger partial charge in [0.15, 0.2) is 0 Å². The number of ether oxygens (including phenoxy) is 1. The lowest BCUT2D eigenvalue weighted by Crippen LogP contribution is -2.23. The first-order valence-corrected chi connectivity index (χ1v) is 6.97. The zero-order valence-electron chi connectivity index (χ0n) is 11.2. The molecular weight excluding hydrogens is 276 g/mol. The molecule has 104 valence electrons. The van der Waals surface area contributed by atoms with Crippen molar-refractivity contribution >= 4 is 17.6 Å². The number of hydrogen-bond acceptors (Lipinski definition) is 3. The predicted octanol–water partition coefficient (Wildman–Crippen LogP) is 3.25. The second kappa shape index (κ2) is 5.29. The van der Waals surface area contributed by atoms with Crippen molar-refractivity contribution in [3.8, 4) is 11.4 Å². The molecule has 5 heteroatoms. The highest BCUT2D eigenvalue weighted by molar-refractivity contribution is 6.30. The Balaban J connectivity index is 2.04. The van der Waals surface area contributed by atoms with E-state index in [2.05, 4.69) is 9.55 Å². The number of hydrogen-bond donors (Lipinski definition) is 0. The van der Waals surface area contributed by atoms with Gasteiger partial charge in [-0.25, -0.2) is 4.98 Å². The van der Waals surface area contributed by atoms with Gasteiger partial charge in [-0.3, -0.25) is 4.79 Å². The first-order valence-electron chi connectivity index (χ1n) is 6.60. The van der Waals surface area contributed by atoms with E-state index in [4.69, 9.17) is 16.3 Å². The van der Waals surface area contributed by atoms with Crippen molar-refractivity contribution in [3.05, 3.63) is 41.2 Å². The summed E-state index contributed by atoms with van der Waals surface area (Å²) in [7, 11) is 1.43. The number of carbonyl (C=O) groups excluding carboxylic acids is 1. The van der Waals surface area contributed by atoms with Crippen LogP contribution >= 0.6 is 11.6 Å². The number of aromatic nitrogens is 2. The number of rotatable bonds is 2. The monoisotopic (exact) mass is 290 g/mol. The largest absolute Gasteiger partial charge is 0.469 e. The van der Waals surface area contributed by atoms with E-state index in [1.807, 2.05) is 24.3 Å². The number of halogens is 1. The molecule has 1 unspecified atom stereocenters. The van der Waals surface area contributed by atoms with Crippen molar-refractivity contribution in [1.29, 1.82) is 0 Å². The van der Waals surface area contributed by atoms with Gasteiger partial charge in [0, 0.05) is 23.3 Å². The third-order valence-corrected chi connectivity index (χ3v) is 3.92. The highest BCUT2D eigenvalue weighted by Gasteiger charge is 2.29. The fourth-order valence-electron chi connectivity index (χ4n) is 2.74. The van der Waals surface area contributed by atoms with E-state index in [0.717, 1.165) is 36.5 Å². The summed E-state index contributed by atoms with van der Waals surface area (Å²) in [5.74, 6) is 0.453. The van der Waals surface area contributed by atoms with Crippen molar-refractivity contribution in [1.82, 2.24) is 9.55 Å². The third kappa shape index (κ3) is 2.20. The molecule has 0 fully saturated rings. The van der Waals surface area contributed by atoms with Crippen LogP contribution in [0.25, 0.3) is 11.4 Å². The van der Waals surface area contributed by atoms with Crippen molar-refractivity contribution < 1.29 is 9.53 Å². The van der Waals surface area contributed by atoms with Crippen LogP contribution in [-0.4, -0.2) is 22.6 Å². The Labute approximate surface area is 122 Å². The number of imidazole rings is 1. The van der Waals surface area contributed by atoms with Gasteiger partial charge in [-0.2, -0.15) is 0 Å². The molecule has 20 heavy (non-hydrogen) atoms. The highest BCUT2D eigenvalue weighted by atomic mass is 35.5. The summed E-state index contributed by atoms with van der Waals surface area (Å²) in [6.07, 6.45) is 3.53. The molecule has 0 saturated heterocycles. The van der Waals surface area contributed by atoms with Crippen LogP contribution in [0, 0.1) is 0 Å². The van der Waals surface area contributed by atoms with E-state index in [1.165, 1.54) is 7.11 Å². The third-order valence-electron chi connectivity index (χ3n) is 3.69. The topological polar surface area (TPSA) is 44.1 Å². The first-order chi connectivity index (χ1) is 9.70. The fraction of sp³-hybridized carbons (Fsp3) is 0.333. The molecule has 0 spiro atoms. The maximum Gasteiger partial charge on any atom is 0.314 e. The van der Waals surface area contributed by atoms with Gasteiger partial charge in [-0.05, 0) is 25.0 Å². The molecule has 2 heterocycles. The van der Waals surface area contributed by atoms with Crippen LogP contribution in [0.15, 0.2) is 30.5 Å². The Hall–Kier alpha value is -1.81. The molecule has 2 aromatic rings. The molecule has 0 radical (unpaired) electrons. The average molecular weight is 291 g/mol. The lowest BCUT2D eigenvalue weighted by molar-refractivity contribution is -0.143. The van der Waals surface area contributed by atoms with Crippen LogP contribution in [0.2, 0.25) is 5.02 Å². The second-order valence-electron chi connectivity index (χ2n) is 4.89. The van der Waals surface area contributed by atoms with Gasteiger partial charge in [0.1, 0.15) is 5.82 Å². The van der Waals surface area contributed by atoms with E-state index in [-0.39, 0.29) is 11.9 Å². The van der Waals surface area contributed by atoms with Gasteiger partial charge in [0.25, 0.3) is 0 Å². The van der Waals surface area contributed by atoms with Crippen LogP contribution in [0.1, 0.15) is 24.5 Å². The van der Waals surface area contributed by atoms with Gasteiger partial charge in [-0.1, -0.05) is 23.7 Å². The Morgan fingerprint density at radius 1 is 1.50 bits per heavy atom. The quantitative estimate of drug-likeness (QED) is 0.798. The zero-order chi connectivity index (χ0) is 14.1. The Kier molecular flexibility index (Phi) is 3.49. The number of fused-ring (bicyclic) bond motifs is 1. The number of esters is 1. The average Bonchev–Trinajstić information content (AvgIpc) is 2.90. The lowest BCUT2D eigenvalue weighted by atomic mass is 9.96. The van der Waals surface area contributed by atoms with Crippen LogP contribution in [-0.2, 0) is 16.1 Å². The van der Waals surface area contributed by atoms with Gasteiger partial charge in [-0.15, -0.1) is 0 Å². The van der Waals surface area contributed by atoms with Crippen LogP contribution < -0.4 is 0 Å². The van der Waals surface area contributed by atoms with E-state index in [9.17, 15) is 4.79 Å². The number of carbonyl (C=O) groups is 1. The summed E-state index contributed by atoms with van der Waals surface area (Å²) in [6.45, 7) is 0.866. The Morgan fingerprint density at radius 2 is 2.35 bits per heavy atom. The van der Waals surface area contributed by atoms with Gasteiger partial charge in [0.05, 0.1) is 18.7 Å². The summed E-state index contributed by atoms with van der Waals surface area (Å²) in [5.41, 5.74) is 1.90. The van der Waals surface area contributed by atoms with Crippen molar-refractivity contribution in [3.63, 3.8) is 0 Å². The molecule has 3 rings (SSSR count). The maximum atomic E-state index is 11.8. The molecule has 4 nitrogen and oxygen atoms in total. The molecule has 0 saturated carbocycles. The van der Waals surface area contributed by atoms with E-state index >= 15 is 0 Å². The summed E-state index contributed by atoms with van der Waals surface area (Å²) >= 11 is 6.04. The number of benzene rings is 1. The number of nitrogens with zero attached hydrogens (tertiary/aromatic N) is 2. The van der Waals surface area contributed by atoms with Gasteiger partial charge >= 0.3 is 5.97 Å². The Bertz CT molecular complexity index is 651. The lowest BCUT2D eigenvalue weighted by Gasteiger charge is -2.23. The van der Waals surface area contributed by atoms with Crippen LogP contribution in [0.3, 0.4) is 0 Å².